The number of methoxy groups -OCH3 is 1. The number of hydrogen-bond donors (Lipinski definition) is 3. The van der Waals surface area contributed by atoms with Crippen LogP contribution in [-0.2, 0) is 9.59 Å². The van der Waals surface area contributed by atoms with Crippen LogP contribution in [0.3, 0.4) is 0 Å². The molecule has 0 saturated carbocycles. The third-order valence-corrected chi connectivity index (χ3v) is 7.71. The number of carbonyl (C=O) groups is 3. The molecule has 2 aromatic heterocycles. The molecule has 0 saturated heterocycles. The van der Waals surface area contributed by atoms with Crippen LogP contribution in [0, 0.1) is 0 Å². The molecule has 0 aliphatic heterocycles. The molecule has 5 rings (SSSR count). The van der Waals surface area contributed by atoms with E-state index >= 15 is 0 Å². The number of aromatic nitrogens is 1. The second kappa shape index (κ2) is 14.2. The second-order valence-electron chi connectivity index (χ2n) is 8.98. The zero-order valence-electron chi connectivity index (χ0n) is 22.9. The van der Waals surface area contributed by atoms with E-state index in [0.717, 1.165) is 21.9 Å². The second-order valence-corrected chi connectivity index (χ2v) is 10.9. The number of benzene rings is 3. The summed E-state index contributed by atoms with van der Waals surface area (Å²) in [5.41, 5.74) is 2.61. The molecule has 11 heteroatoms. The molecule has 43 heavy (non-hydrogen) atoms. The molecule has 3 N–H and O–H groups in total. The fraction of sp³-hybridized carbons (Fsp3) is 0.0625. The van der Waals surface area contributed by atoms with Crippen molar-refractivity contribution in [1.29, 1.82) is 0 Å². The Balaban J connectivity index is 1.19. The number of nitrogens with one attached hydrogen (secondary N) is 3. The summed E-state index contributed by atoms with van der Waals surface area (Å²) in [6, 6.07) is 26.6. The first-order valence-electron chi connectivity index (χ1n) is 13.0. The summed E-state index contributed by atoms with van der Waals surface area (Å²) in [6.07, 6.45) is 2.93. The molecule has 0 aliphatic carbocycles. The minimum absolute atomic E-state index is 0.0127. The molecular weight excluding hydrogens is 585 g/mol. The van der Waals surface area contributed by atoms with Crippen molar-refractivity contribution in [3.8, 4) is 17.0 Å². The van der Waals surface area contributed by atoms with E-state index in [-0.39, 0.29) is 17.4 Å². The molecule has 0 fully saturated rings. The third kappa shape index (κ3) is 8.22. The van der Waals surface area contributed by atoms with Gasteiger partial charge in [-0.15, -0.1) is 23.1 Å². The molecule has 9 nitrogen and oxygen atoms in total. The van der Waals surface area contributed by atoms with Gasteiger partial charge >= 0.3 is 0 Å². The van der Waals surface area contributed by atoms with Crippen LogP contribution in [0.4, 0.5) is 10.8 Å². The van der Waals surface area contributed by atoms with E-state index in [1.807, 2.05) is 35.7 Å². The molecule has 0 unspecified atom stereocenters. The van der Waals surface area contributed by atoms with Gasteiger partial charge in [0.05, 0.1) is 24.8 Å². The van der Waals surface area contributed by atoms with E-state index < -0.39 is 11.8 Å². The lowest BCUT2D eigenvalue weighted by Crippen LogP contribution is -2.30. The van der Waals surface area contributed by atoms with Crippen molar-refractivity contribution in [3.63, 3.8) is 0 Å². The van der Waals surface area contributed by atoms with Crippen LogP contribution in [0.15, 0.2) is 118 Å². The average molecular weight is 611 g/mol. The summed E-state index contributed by atoms with van der Waals surface area (Å²) in [6.45, 7) is 0. The van der Waals surface area contributed by atoms with Crippen molar-refractivity contribution >= 4 is 57.7 Å². The predicted molar refractivity (Wildman–Crippen MR) is 169 cm³/mol. The number of anilines is 2. The Hall–Kier alpha value is -5.13. The lowest BCUT2D eigenvalue weighted by molar-refractivity contribution is -0.114. The monoisotopic (exact) mass is 610 g/mol. The number of thioether (sulfide) groups is 1. The highest BCUT2D eigenvalue weighted by Gasteiger charge is 2.16. The summed E-state index contributed by atoms with van der Waals surface area (Å²) in [5, 5.41) is 10.7. The molecule has 3 aromatic carbocycles. The van der Waals surface area contributed by atoms with Crippen molar-refractivity contribution in [2.45, 2.75) is 4.90 Å². The van der Waals surface area contributed by atoms with Gasteiger partial charge in [-0.3, -0.25) is 14.4 Å². The number of amides is 3. The van der Waals surface area contributed by atoms with Gasteiger partial charge in [-0.05, 0) is 66.7 Å². The highest BCUT2D eigenvalue weighted by Crippen LogP contribution is 2.27. The van der Waals surface area contributed by atoms with Crippen LogP contribution in [0.5, 0.6) is 5.75 Å². The van der Waals surface area contributed by atoms with Crippen LogP contribution in [0.2, 0.25) is 0 Å². The van der Waals surface area contributed by atoms with Gasteiger partial charge in [-0.2, -0.15) is 0 Å². The van der Waals surface area contributed by atoms with E-state index in [2.05, 4.69) is 20.9 Å². The van der Waals surface area contributed by atoms with Crippen molar-refractivity contribution in [1.82, 2.24) is 10.3 Å². The van der Waals surface area contributed by atoms with Crippen LogP contribution < -0.4 is 20.7 Å². The van der Waals surface area contributed by atoms with Crippen LogP contribution >= 0.6 is 23.1 Å². The zero-order valence-corrected chi connectivity index (χ0v) is 24.5. The van der Waals surface area contributed by atoms with Gasteiger partial charge in [-0.25, -0.2) is 4.98 Å². The van der Waals surface area contributed by atoms with Crippen LogP contribution in [0.25, 0.3) is 17.3 Å². The predicted octanol–water partition coefficient (Wildman–Crippen LogP) is 6.55. The highest BCUT2D eigenvalue weighted by molar-refractivity contribution is 8.00. The smallest absolute Gasteiger partial charge is 0.272 e. The number of carbonyl (C=O) groups excluding carboxylic acids is 3. The maximum absolute atomic E-state index is 13.2. The summed E-state index contributed by atoms with van der Waals surface area (Å²) < 4.78 is 10.5. The topological polar surface area (TPSA) is 123 Å². The fourth-order valence-electron chi connectivity index (χ4n) is 3.85. The normalized spacial score (nSPS) is 11.0. The Labute approximate surface area is 256 Å². The van der Waals surface area contributed by atoms with Crippen LogP contribution in [-0.4, -0.2) is 35.6 Å². The molecule has 0 radical (unpaired) electrons. The third-order valence-electron chi connectivity index (χ3n) is 5.96. The van der Waals surface area contributed by atoms with Gasteiger partial charge in [0, 0.05) is 33.2 Å². The molecule has 0 bridgehead atoms. The first-order valence-corrected chi connectivity index (χ1v) is 14.9. The van der Waals surface area contributed by atoms with E-state index in [0.29, 0.717) is 22.1 Å². The van der Waals surface area contributed by atoms with Gasteiger partial charge in [0.15, 0.2) is 5.13 Å². The minimum atomic E-state index is -0.531. The zero-order chi connectivity index (χ0) is 30.0. The highest BCUT2D eigenvalue weighted by atomic mass is 32.2. The van der Waals surface area contributed by atoms with Crippen molar-refractivity contribution in [2.75, 3.05) is 23.5 Å². The largest absolute Gasteiger partial charge is 0.497 e. The molecule has 0 spiro atoms. The van der Waals surface area contributed by atoms with Gasteiger partial charge in [0.1, 0.15) is 17.2 Å². The Morgan fingerprint density at radius 3 is 2.51 bits per heavy atom. The summed E-state index contributed by atoms with van der Waals surface area (Å²) in [5.74, 6) is 0.143. The number of furan rings is 1. The van der Waals surface area contributed by atoms with E-state index in [9.17, 15) is 14.4 Å². The minimum Gasteiger partial charge on any atom is -0.497 e. The molecule has 3 amide bonds. The molecule has 216 valence electrons. The number of nitrogens with zero attached hydrogens (tertiary/aromatic N) is 1. The quantitative estimate of drug-likeness (QED) is 0.114. The lowest BCUT2D eigenvalue weighted by atomic mass is 10.2. The van der Waals surface area contributed by atoms with Gasteiger partial charge in [0.25, 0.3) is 11.8 Å². The van der Waals surface area contributed by atoms with Gasteiger partial charge in [-0.1, -0.05) is 24.3 Å². The molecule has 2 heterocycles. The summed E-state index contributed by atoms with van der Waals surface area (Å²) >= 11 is 2.66. The fourth-order valence-corrected chi connectivity index (χ4v) is 5.34. The van der Waals surface area contributed by atoms with Crippen LogP contribution in [0.1, 0.15) is 16.1 Å². The van der Waals surface area contributed by atoms with Crippen molar-refractivity contribution in [2.24, 2.45) is 0 Å². The maximum Gasteiger partial charge on any atom is 0.272 e. The number of thiazole rings is 1. The summed E-state index contributed by atoms with van der Waals surface area (Å²) in [4.78, 5) is 43.9. The Morgan fingerprint density at radius 1 is 0.953 bits per heavy atom. The SMILES string of the molecule is COc1ccc(-c2csc(NC(=O)CSc3cccc(NC(=O)/C(=C/c4ccco4)NC(=O)c4ccccc4)c3)n2)cc1. The molecule has 0 aliphatic rings. The first-order chi connectivity index (χ1) is 21.0. The first kappa shape index (κ1) is 29.4. The van der Waals surface area contributed by atoms with Crippen molar-refractivity contribution in [3.05, 3.63) is 120 Å². The summed E-state index contributed by atoms with van der Waals surface area (Å²) in [7, 11) is 1.61. The average Bonchev–Trinajstić information content (AvgIpc) is 3.73. The maximum atomic E-state index is 13.2. The Morgan fingerprint density at radius 2 is 1.77 bits per heavy atom. The Kier molecular flexibility index (Phi) is 9.67. The van der Waals surface area contributed by atoms with E-state index in [1.54, 1.807) is 67.8 Å². The number of hydrogen-bond acceptors (Lipinski definition) is 8. The van der Waals surface area contributed by atoms with Crippen molar-refractivity contribution < 1.29 is 23.5 Å². The number of ether oxygens (including phenoxy) is 1. The van der Waals surface area contributed by atoms with Gasteiger partial charge < -0.3 is 25.1 Å². The Bertz CT molecular complexity index is 1730. The number of rotatable bonds is 11. The molecular formula is C32H26N4O5S2. The standard InChI is InChI=1S/C32H26N4O5S2/c1-40-24-14-12-21(13-15-24)28-19-43-32(35-28)36-29(37)20-42-26-11-5-9-23(17-26)33-31(39)27(18-25-10-6-16-41-25)34-30(38)22-7-3-2-4-8-22/h2-19H,20H2,1H3,(H,33,39)(H,34,38)(H,35,36,37)/b27-18-. The lowest BCUT2D eigenvalue weighted by Gasteiger charge is -2.12. The van der Waals surface area contributed by atoms with Gasteiger partial charge in [0.2, 0.25) is 5.91 Å². The van der Waals surface area contributed by atoms with E-state index in [4.69, 9.17) is 9.15 Å². The molecule has 0 atom stereocenters. The van der Waals surface area contributed by atoms with E-state index in [1.165, 1.54) is 35.4 Å². The molecule has 5 aromatic rings.